The minimum Gasteiger partial charge on any atom is -0.386 e. The van der Waals surface area contributed by atoms with Crippen molar-refractivity contribution < 1.29 is 19.4 Å². The summed E-state index contributed by atoms with van der Waals surface area (Å²) < 4.78 is 11.3. The molecule has 1 N–H and O–H groups in total. The second kappa shape index (κ2) is 3.52. The predicted molar refractivity (Wildman–Crippen MR) is 57.7 cm³/mol. The smallest absolute Gasteiger partial charge is 0.190 e. The molecule has 3 atom stereocenters. The van der Waals surface area contributed by atoms with E-state index in [0.717, 1.165) is 0 Å². The van der Waals surface area contributed by atoms with Gasteiger partial charge in [-0.1, -0.05) is 6.08 Å². The summed E-state index contributed by atoms with van der Waals surface area (Å²) in [6, 6.07) is 0. The summed E-state index contributed by atoms with van der Waals surface area (Å²) in [6.07, 6.45) is 3.27. The number of ether oxygens (including phenoxy) is 2. The van der Waals surface area contributed by atoms with Gasteiger partial charge in [0, 0.05) is 6.42 Å². The Labute approximate surface area is 94.5 Å². The highest BCUT2D eigenvalue weighted by Gasteiger charge is 2.59. The Morgan fingerprint density at radius 1 is 1.62 bits per heavy atom. The molecule has 0 aromatic carbocycles. The fourth-order valence-corrected chi connectivity index (χ4v) is 2.36. The van der Waals surface area contributed by atoms with Crippen molar-refractivity contribution in [2.24, 2.45) is 0 Å². The summed E-state index contributed by atoms with van der Waals surface area (Å²) in [5.41, 5.74) is -1.11. The summed E-state index contributed by atoms with van der Waals surface area (Å²) in [5, 5.41) is 9.84. The van der Waals surface area contributed by atoms with Gasteiger partial charge in [0.25, 0.3) is 0 Å². The Balaban J connectivity index is 2.44. The van der Waals surface area contributed by atoms with E-state index in [1.807, 2.05) is 0 Å². The van der Waals surface area contributed by atoms with Crippen molar-refractivity contribution in [1.29, 1.82) is 0 Å². The van der Waals surface area contributed by atoms with Gasteiger partial charge in [0.05, 0.1) is 0 Å². The Kier molecular flexibility index (Phi) is 2.53. The summed E-state index contributed by atoms with van der Waals surface area (Å²) in [6.45, 7) is 7.09. The van der Waals surface area contributed by atoms with Crippen molar-refractivity contribution in [3.05, 3.63) is 24.8 Å². The lowest BCUT2D eigenvalue weighted by molar-refractivity contribution is -0.169. The van der Waals surface area contributed by atoms with Gasteiger partial charge < -0.3 is 14.6 Å². The molecular formula is C12H16O4. The molecule has 0 aromatic heterocycles. The molecule has 16 heavy (non-hydrogen) atoms. The normalized spacial score (nSPS) is 40.8. The van der Waals surface area contributed by atoms with Gasteiger partial charge in [0.1, 0.15) is 12.2 Å². The third-order valence-corrected chi connectivity index (χ3v) is 2.92. The first-order valence-corrected chi connectivity index (χ1v) is 5.31. The van der Waals surface area contributed by atoms with Crippen LogP contribution in [0, 0.1) is 0 Å². The molecule has 0 amide bonds. The zero-order valence-electron chi connectivity index (χ0n) is 9.47. The van der Waals surface area contributed by atoms with Gasteiger partial charge in [-0.05, 0) is 26.0 Å². The van der Waals surface area contributed by atoms with E-state index in [2.05, 4.69) is 6.58 Å². The number of hydrogen-bond acceptors (Lipinski definition) is 4. The molecule has 0 aromatic rings. The molecule has 0 spiro atoms. The number of aliphatic hydroxyl groups excluding tert-OH is 1. The molecule has 2 rings (SSSR count). The van der Waals surface area contributed by atoms with Gasteiger partial charge in [-0.25, -0.2) is 0 Å². The number of fused-ring (bicyclic) bond motifs is 1. The topological polar surface area (TPSA) is 55.8 Å². The van der Waals surface area contributed by atoms with Crippen LogP contribution in [0.3, 0.4) is 0 Å². The van der Waals surface area contributed by atoms with Crippen LogP contribution in [0.1, 0.15) is 20.3 Å². The largest absolute Gasteiger partial charge is 0.386 e. The summed E-state index contributed by atoms with van der Waals surface area (Å²) in [5.74, 6) is -1.04. The SMILES string of the molecule is C=CC[C@]12OC(C)(C)O[C@H]1[C@H](O)C=CC2=O. The highest BCUT2D eigenvalue weighted by Crippen LogP contribution is 2.43. The molecule has 4 heteroatoms. The molecule has 88 valence electrons. The molecular weight excluding hydrogens is 208 g/mol. The van der Waals surface area contributed by atoms with Crippen LogP contribution in [0.2, 0.25) is 0 Å². The van der Waals surface area contributed by atoms with Gasteiger partial charge in [-0.3, -0.25) is 4.79 Å². The molecule has 0 radical (unpaired) electrons. The second-order valence-corrected chi connectivity index (χ2v) is 4.64. The maximum atomic E-state index is 12.0. The lowest BCUT2D eigenvalue weighted by atomic mass is 9.81. The van der Waals surface area contributed by atoms with Crippen LogP contribution < -0.4 is 0 Å². The summed E-state index contributed by atoms with van der Waals surface area (Å²) in [4.78, 5) is 12.0. The van der Waals surface area contributed by atoms with Crippen LogP contribution in [-0.4, -0.2) is 34.5 Å². The van der Waals surface area contributed by atoms with E-state index in [1.165, 1.54) is 12.2 Å². The highest BCUT2D eigenvalue weighted by atomic mass is 16.8. The Hall–Kier alpha value is -0.970. The molecule has 0 bridgehead atoms. The lowest BCUT2D eigenvalue weighted by Crippen LogP contribution is -2.53. The Morgan fingerprint density at radius 3 is 2.94 bits per heavy atom. The van der Waals surface area contributed by atoms with Crippen LogP contribution in [-0.2, 0) is 14.3 Å². The molecule has 0 unspecified atom stereocenters. The molecule has 1 saturated heterocycles. The van der Waals surface area contributed by atoms with Crippen LogP contribution in [0.15, 0.2) is 24.8 Å². The molecule has 1 aliphatic carbocycles. The fraction of sp³-hybridized carbons (Fsp3) is 0.583. The Bertz CT molecular complexity index is 358. The number of carbonyl (C=O) groups excluding carboxylic acids is 1. The van der Waals surface area contributed by atoms with E-state index in [0.29, 0.717) is 6.42 Å². The molecule has 1 heterocycles. The quantitative estimate of drug-likeness (QED) is 0.710. The average molecular weight is 224 g/mol. The van der Waals surface area contributed by atoms with E-state index >= 15 is 0 Å². The molecule has 1 fully saturated rings. The standard InChI is InChI=1S/C12H16O4/c1-4-7-12-9(14)6-5-8(13)10(12)15-11(2,3)16-12/h4-6,8,10,13H,1,7H2,2-3H3/t8-,10+,12-/m1/s1. The first kappa shape index (κ1) is 11.5. The number of carbonyl (C=O) groups is 1. The third kappa shape index (κ3) is 1.54. The van der Waals surface area contributed by atoms with Crippen molar-refractivity contribution in [3.63, 3.8) is 0 Å². The second-order valence-electron chi connectivity index (χ2n) is 4.64. The van der Waals surface area contributed by atoms with Crippen LogP contribution >= 0.6 is 0 Å². The van der Waals surface area contributed by atoms with Gasteiger partial charge in [0.2, 0.25) is 0 Å². The van der Waals surface area contributed by atoms with E-state index < -0.39 is 23.6 Å². The lowest BCUT2D eigenvalue weighted by Gasteiger charge is -2.33. The first-order valence-electron chi connectivity index (χ1n) is 5.31. The number of rotatable bonds is 2. The first-order chi connectivity index (χ1) is 7.41. The maximum absolute atomic E-state index is 12.0. The van der Waals surface area contributed by atoms with Gasteiger partial charge in [-0.15, -0.1) is 6.58 Å². The van der Waals surface area contributed by atoms with E-state index in [1.54, 1.807) is 19.9 Å². The van der Waals surface area contributed by atoms with Gasteiger partial charge >= 0.3 is 0 Å². The summed E-state index contributed by atoms with van der Waals surface area (Å²) in [7, 11) is 0. The van der Waals surface area contributed by atoms with Crippen LogP contribution in [0.25, 0.3) is 0 Å². The van der Waals surface area contributed by atoms with E-state index in [4.69, 9.17) is 9.47 Å². The van der Waals surface area contributed by atoms with Crippen molar-refractivity contribution >= 4 is 5.78 Å². The zero-order chi connectivity index (χ0) is 12.0. The monoisotopic (exact) mass is 224 g/mol. The van der Waals surface area contributed by atoms with Crippen molar-refractivity contribution in [2.45, 2.75) is 43.9 Å². The third-order valence-electron chi connectivity index (χ3n) is 2.92. The van der Waals surface area contributed by atoms with Crippen LogP contribution in [0.5, 0.6) is 0 Å². The zero-order valence-corrected chi connectivity index (χ0v) is 9.47. The number of aliphatic hydroxyl groups is 1. The van der Waals surface area contributed by atoms with Crippen molar-refractivity contribution in [3.8, 4) is 0 Å². The molecule has 2 aliphatic rings. The molecule has 0 saturated carbocycles. The minimum absolute atomic E-state index is 0.173. The van der Waals surface area contributed by atoms with Gasteiger partial charge in [0.15, 0.2) is 17.2 Å². The minimum atomic E-state index is -1.11. The predicted octanol–water partition coefficient (Wildman–Crippen LogP) is 0.953. The molecule has 1 aliphatic heterocycles. The van der Waals surface area contributed by atoms with Crippen molar-refractivity contribution in [2.75, 3.05) is 0 Å². The Morgan fingerprint density at radius 2 is 2.31 bits per heavy atom. The summed E-state index contributed by atoms with van der Waals surface area (Å²) >= 11 is 0. The van der Waals surface area contributed by atoms with Crippen molar-refractivity contribution in [1.82, 2.24) is 0 Å². The maximum Gasteiger partial charge on any atom is 0.190 e. The number of ketones is 1. The highest BCUT2D eigenvalue weighted by molar-refractivity contribution is 5.99. The van der Waals surface area contributed by atoms with Crippen LogP contribution in [0.4, 0.5) is 0 Å². The van der Waals surface area contributed by atoms with E-state index in [9.17, 15) is 9.90 Å². The fourth-order valence-electron chi connectivity index (χ4n) is 2.36. The van der Waals surface area contributed by atoms with E-state index in [-0.39, 0.29) is 5.78 Å². The number of hydrogen-bond donors (Lipinski definition) is 1. The van der Waals surface area contributed by atoms with Gasteiger partial charge in [-0.2, -0.15) is 0 Å². The average Bonchev–Trinajstić information content (AvgIpc) is 2.47. The molecule has 4 nitrogen and oxygen atoms in total.